The third-order valence-electron chi connectivity index (χ3n) is 6.32. The van der Waals surface area contributed by atoms with Crippen LogP contribution in [-0.2, 0) is 35.2 Å². The Hall–Kier alpha value is -4.21. The Labute approximate surface area is 217 Å². The maximum atomic E-state index is 13.7. The summed E-state index contributed by atoms with van der Waals surface area (Å²) < 4.78 is 42.7. The van der Waals surface area contributed by atoms with Crippen molar-refractivity contribution >= 4 is 17.5 Å². The summed E-state index contributed by atoms with van der Waals surface area (Å²) in [6.45, 7) is 5.60. The Balaban J connectivity index is 1.79. The van der Waals surface area contributed by atoms with Gasteiger partial charge in [0, 0.05) is 48.1 Å². The molecule has 0 fully saturated rings. The van der Waals surface area contributed by atoms with Crippen molar-refractivity contribution in [3.05, 3.63) is 88.6 Å². The fraction of sp³-hybridized carbons (Fsp3) is 0.286. The first kappa shape index (κ1) is 26.8. The van der Waals surface area contributed by atoms with Crippen molar-refractivity contribution in [3.63, 3.8) is 0 Å². The highest BCUT2D eigenvalue weighted by molar-refractivity contribution is 5.84. The van der Waals surface area contributed by atoms with Gasteiger partial charge in [0.15, 0.2) is 0 Å². The summed E-state index contributed by atoms with van der Waals surface area (Å²) in [7, 11) is 0. The molecular formula is C28H27F3N4O3. The summed E-state index contributed by atoms with van der Waals surface area (Å²) >= 11 is 0. The van der Waals surface area contributed by atoms with Crippen molar-refractivity contribution in [1.29, 1.82) is 0 Å². The number of hydrogen-bond donors (Lipinski definition) is 1. The molecule has 0 aliphatic heterocycles. The van der Waals surface area contributed by atoms with E-state index in [1.807, 2.05) is 6.92 Å². The van der Waals surface area contributed by atoms with Crippen molar-refractivity contribution in [2.24, 2.45) is 0 Å². The van der Waals surface area contributed by atoms with Gasteiger partial charge in [-0.15, -0.1) is 0 Å². The molecule has 4 rings (SSSR count). The van der Waals surface area contributed by atoms with Crippen LogP contribution < -0.4 is 0 Å². The minimum absolute atomic E-state index is 0.0636. The molecule has 1 amide bonds. The van der Waals surface area contributed by atoms with Crippen molar-refractivity contribution < 1.29 is 27.9 Å². The second kappa shape index (κ2) is 10.6. The number of likely N-dealkylation sites (N-methyl/N-ethyl adjacent to an activating group) is 1. The Bertz CT molecular complexity index is 1490. The van der Waals surface area contributed by atoms with Gasteiger partial charge < -0.3 is 14.4 Å². The van der Waals surface area contributed by atoms with Crippen LogP contribution in [0.1, 0.15) is 40.7 Å². The average molecular weight is 525 g/mol. The van der Waals surface area contributed by atoms with E-state index in [1.165, 1.54) is 11.0 Å². The van der Waals surface area contributed by atoms with E-state index < -0.39 is 17.7 Å². The molecule has 0 bridgehead atoms. The number of carboxylic acid groups (broad SMARTS) is 1. The third-order valence-corrected chi connectivity index (χ3v) is 6.32. The van der Waals surface area contributed by atoms with Crippen LogP contribution >= 0.6 is 0 Å². The van der Waals surface area contributed by atoms with Crippen LogP contribution in [0, 0.1) is 13.8 Å². The topological polar surface area (TPSA) is 87.8 Å². The van der Waals surface area contributed by atoms with E-state index >= 15 is 0 Å². The molecular weight excluding hydrogens is 497 g/mol. The maximum Gasteiger partial charge on any atom is 0.416 e. The monoisotopic (exact) mass is 524 g/mol. The predicted octanol–water partition coefficient (Wildman–Crippen LogP) is 5.25. The number of carbonyl (C=O) groups is 2. The highest BCUT2D eigenvalue weighted by Gasteiger charge is 2.32. The number of fused-ring (bicyclic) bond motifs is 1. The SMILES string of the molecule is CCN(Cc1cc(C(F)(F)F)ccc1-c1cc(CC(=O)O)n2ccc(C)nc12)C(=O)Cc1ccc(C)nc1. The zero-order valence-electron chi connectivity index (χ0n) is 21.2. The maximum absolute atomic E-state index is 13.7. The van der Waals surface area contributed by atoms with E-state index in [0.29, 0.717) is 33.7 Å². The highest BCUT2D eigenvalue weighted by atomic mass is 19.4. The zero-order valence-corrected chi connectivity index (χ0v) is 21.2. The largest absolute Gasteiger partial charge is 0.481 e. The zero-order chi connectivity index (χ0) is 27.6. The number of carboxylic acids is 1. The second-order valence-electron chi connectivity index (χ2n) is 9.14. The van der Waals surface area contributed by atoms with Crippen LogP contribution in [0.15, 0.2) is 54.9 Å². The van der Waals surface area contributed by atoms with E-state index in [4.69, 9.17) is 0 Å². The summed E-state index contributed by atoms with van der Waals surface area (Å²) in [6, 6.07) is 10.4. The summed E-state index contributed by atoms with van der Waals surface area (Å²) in [4.78, 5) is 34.9. The van der Waals surface area contributed by atoms with Gasteiger partial charge in [0.25, 0.3) is 0 Å². The fourth-order valence-corrected chi connectivity index (χ4v) is 4.36. The van der Waals surface area contributed by atoms with Crippen molar-refractivity contribution in [1.82, 2.24) is 19.3 Å². The molecule has 0 atom stereocenters. The highest BCUT2D eigenvalue weighted by Crippen LogP contribution is 2.36. The van der Waals surface area contributed by atoms with Gasteiger partial charge in [-0.1, -0.05) is 12.1 Å². The summed E-state index contributed by atoms with van der Waals surface area (Å²) in [6.07, 6.45) is -1.49. The number of aryl methyl sites for hydroxylation is 2. The molecule has 4 aromatic rings. The third kappa shape index (κ3) is 5.85. The van der Waals surface area contributed by atoms with E-state index in [-0.39, 0.29) is 37.4 Å². The predicted molar refractivity (Wildman–Crippen MR) is 135 cm³/mol. The lowest BCUT2D eigenvalue weighted by molar-refractivity contribution is -0.138. The minimum atomic E-state index is -4.58. The fourth-order valence-electron chi connectivity index (χ4n) is 4.36. The van der Waals surface area contributed by atoms with Gasteiger partial charge in [-0.2, -0.15) is 13.2 Å². The minimum Gasteiger partial charge on any atom is -0.481 e. The molecule has 0 saturated carbocycles. The molecule has 0 radical (unpaired) electrons. The molecule has 10 heteroatoms. The number of nitrogens with zero attached hydrogens (tertiary/aromatic N) is 4. The molecule has 0 unspecified atom stereocenters. The average Bonchev–Trinajstić information content (AvgIpc) is 3.19. The first-order valence-electron chi connectivity index (χ1n) is 12.1. The van der Waals surface area contributed by atoms with Crippen LogP contribution in [0.3, 0.4) is 0 Å². The lowest BCUT2D eigenvalue weighted by Gasteiger charge is -2.23. The Morgan fingerprint density at radius 3 is 2.39 bits per heavy atom. The number of carbonyl (C=O) groups excluding carboxylic acids is 1. The number of benzene rings is 1. The quantitative estimate of drug-likeness (QED) is 0.340. The second-order valence-corrected chi connectivity index (χ2v) is 9.14. The number of halogens is 3. The molecule has 3 heterocycles. The molecule has 0 aliphatic rings. The van der Waals surface area contributed by atoms with E-state index in [1.54, 1.807) is 54.9 Å². The van der Waals surface area contributed by atoms with Gasteiger partial charge in [0.1, 0.15) is 5.65 Å². The number of rotatable bonds is 8. The first-order valence-corrected chi connectivity index (χ1v) is 12.1. The normalized spacial score (nSPS) is 11.6. The van der Waals surface area contributed by atoms with Crippen molar-refractivity contribution in [2.45, 2.75) is 46.3 Å². The number of pyridine rings is 1. The molecule has 7 nitrogen and oxygen atoms in total. The summed E-state index contributed by atoms with van der Waals surface area (Å²) in [5.41, 5.74) is 3.47. The van der Waals surface area contributed by atoms with Crippen LogP contribution in [0.5, 0.6) is 0 Å². The molecule has 1 aromatic carbocycles. The Morgan fingerprint density at radius 2 is 1.76 bits per heavy atom. The first-order chi connectivity index (χ1) is 18.0. The van der Waals surface area contributed by atoms with Crippen molar-refractivity contribution in [2.75, 3.05) is 6.54 Å². The van der Waals surface area contributed by atoms with Gasteiger partial charge in [-0.05, 0) is 67.8 Å². The van der Waals surface area contributed by atoms with Crippen LogP contribution in [0.4, 0.5) is 13.2 Å². The number of aromatic nitrogens is 3. The number of alkyl halides is 3. The van der Waals surface area contributed by atoms with Crippen molar-refractivity contribution in [3.8, 4) is 11.1 Å². The van der Waals surface area contributed by atoms with Gasteiger partial charge >= 0.3 is 12.1 Å². The van der Waals surface area contributed by atoms with Gasteiger partial charge in [-0.25, -0.2) is 4.98 Å². The molecule has 1 N–H and O–H groups in total. The summed E-state index contributed by atoms with van der Waals surface area (Å²) in [5, 5.41) is 9.38. The van der Waals surface area contributed by atoms with Crippen LogP contribution in [-0.4, -0.2) is 42.8 Å². The van der Waals surface area contributed by atoms with Gasteiger partial charge in [-0.3, -0.25) is 14.6 Å². The van der Waals surface area contributed by atoms with E-state index in [9.17, 15) is 27.9 Å². The van der Waals surface area contributed by atoms with E-state index in [0.717, 1.165) is 17.8 Å². The Morgan fingerprint density at radius 1 is 1.00 bits per heavy atom. The van der Waals surface area contributed by atoms with E-state index in [2.05, 4.69) is 9.97 Å². The molecule has 0 saturated heterocycles. The number of hydrogen-bond acceptors (Lipinski definition) is 4. The standard InChI is InChI=1S/C28H27F3N4O3/c1-4-34(25(36)11-19-6-5-17(2)32-15-19)16-20-12-21(28(29,30)31)7-8-23(20)24-13-22(14-26(37)38)35-10-9-18(3)33-27(24)35/h5-10,12-13,15H,4,11,14,16H2,1-3H3,(H,37,38). The Kier molecular flexibility index (Phi) is 7.52. The molecule has 3 aromatic heterocycles. The molecule has 0 spiro atoms. The van der Waals surface area contributed by atoms with Crippen LogP contribution in [0.2, 0.25) is 0 Å². The summed E-state index contributed by atoms with van der Waals surface area (Å²) in [5.74, 6) is -1.29. The smallest absolute Gasteiger partial charge is 0.416 e. The lowest BCUT2D eigenvalue weighted by atomic mass is 9.97. The molecule has 198 valence electrons. The van der Waals surface area contributed by atoms with Gasteiger partial charge in [0.2, 0.25) is 5.91 Å². The number of amides is 1. The number of aliphatic carboxylic acids is 1. The van der Waals surface area contributed by atoms with Crippen LogP contribution in [0.25, 0.3) is 16.8 Å². The molecule has 0 aliphatic carbocycles. The molecule has 38 heavy (non-hydrogen) atoms. The van der Waals surface area contributed by atoms with Gasteiger partial charge in [0.05, 0.1) is 18.4 Å². The lowest BCUT2D eigenvalue weighted by Crippen LogP contribution is -2.32.